The van der Waals surface area contributed by atoms with Gasteiger partial charge in [-0.2, -0.15) is 0 Å². The molecule has 0 bridgehead atoms. The predicted octanol–water partition coefficient (Wildman–Crippen LogP) is 3.22. The van der Waals surface area contributed by atoms with Gasteiger partial charge < -0.3 is 9.84 Å². The molecule has 110 valence electrons. The number of aliphatic hydroxyl groups excluding tert-OH is 1. The minimum atomic E-state index is -0.557. The maximum absolute atomic E-state index is 11.0. The van der Waals surface area contributed by atoms with Crippen LogP contribution in [0.1, 0.15) is 37.7 Å². The lowest BCUT2D eigenvalue weighted by Gasteiger charge is -2.16. The van der Waals surface area contributed by atoms with Crippen LogP contribution in [0.3, 0.4) is 0 Å². The molecule has 1 aromatic carbocycles. The number of hydrogen-bond donors (Lipinski definition) is 1. The summed E-state index contributed by atoms with van der Waals surface area (Å²) in [5.74, 6) is 0.807. The van der Waals surface area contributed by atoms with Gasteiger partial charge in [0.2, 0.25) is 0 Å². The van der Waals surface area contributed by atoms with Gasteiger partial charge in [-0.15, -0.1) is 0 Å². The van der Waals surface area contributed by atoms with Crippen molar-refractivity contribution in [3.63, 3.8) is 0 Å². The van der Waals surface area contributed by atoms with Gasteiger partial charge in [-0.1, -0.05) is 37.8 Å². The van der Waals surface area contributed by atoms with Gasteiger partial charge in [-0.05, 0) is 25.3 Å². The van der Waals surface area contributed by atoms with Crippen molar-refractivity contribution in [3.8, 4) is 5.75 Å². The van der Waals surface area contributed by atoms with Gasteiger partial charge in [-0.3, -0.25) is 10.1 Å². The fourth-order valence-electron chi connectivity index (χ4n) is 2.87. The number of nitro benzene ring substituents is 1. The maximum Gasteiger partial charge on any atom is 0.313 e. The van der Waals surface area contributed by atoms with Crippen LogP contribution in [-0.2, 0) is 0 Å². The molecule has 5 heteroatoms. The van der Waals surface area contributed by atoms with E-state index in [1.807, 2.05) is 0 Å². The zero-order valence-electron chi connectivity index (χ0n) is 11.7. The molecule has 1 saturated carbocycles. The SMILES string of the molecule is Cc1cccc(OCC(O)CC2CCCC2)c1[N+](=O)[O-]. The molecule has 0 spiro atoms. The number of hydrogen-bond acceptors (Lipinski definition) is 4. The molecule has 5 nitrogen and oxygen atoms in total. The highest BCUT2D eigenvalue weighted by atomic mass is 16.6. The minimum Gasteiger partial charge on any atom is -0.484 e. The molecule has 1 aliphatic rings. The number of ether oxygens (including phenoxy) is 1. The molecule has 0 saturated heterocycles. The molecule has 1 atom stereocenters. The zero-order valence-corrected chi connectivity index (χ0v) is 11.7. The highest BCUT2D eigenvalue weighted by molar-refractivity contribution is 5.52. The van der Waals surface area contributed by atoms with Crippen LogP contribution >= 0.6 is 0 Å². The normalized spacial score (nSPS) is 17.1. The van der Waals surface area contributed by atoms with Crippen molar-refractivity contribution in [2.45, 2.75) is 45.1 Å². The summed E-state index contributed by atoms with van der Waals surface area (Å²) in [4.78, 5) is 10.6. The van der Waals surface area contributed by atoms with E-state index in [-0.39, 0.29) is 18.0 Å². The van der Waals surface area contributed by atoms with E-state index in [4.69, 9.17) is 4.74 Å². The first-order valence-corrected chi connectivity index (χ1v) is 7.13. The quantitative estimate of drug-likeness (QED) is 0.641. The fraction of sp³-hybridized carbons (Fsp3) is 0.600. The third-order valence-electron chi connectivity index (χ3n) is 3.89. The molecule has 0 amide bonds. The number of para-hydroxylation sites is 1. The van der Waals surface area contributed by atoms with Crippen LogP contribution in [-0.4, -0.2) is 22.7 Å². The number of rotatable bonds is 6. The second kappa shape index (κ2) is 6.70. The fourth-order valence-corrected chi connectivity index (χ4v) is 2.87. The number of aliphatic hydroxyl groups is 1. The van der Waals surface area contributed by atoms with Crippen molar-refractivity contribution in [1.82, 2.24) is 0 Å². The summed E-state index contributed by atoms with van der Waals surface area (Å²) >= 11 is 0. The molecule has 0 aliphatic heterocycles. The Balaban J connectivity index is 1.93. The van der Waals surface area contributed by atoms with Gasteiger partial charge in [0, 0.05) is 5.56 Å². The minimum absolute atomic E-state index is 0.0134. The summed E-state index contributed by atoms with van der Waals surface area (Å²) in [7, 11) is 0. The van der Waals surface area contributed by atoms with E-state index in [1.165, 1.54) is 25.7 Å². The molecular weight excluding hydrogens is 258 g/mol. The lowest BCUT2D eigenvalue weighted by atomic mass is 10.0. The molecule has 1 aliphatic carbocycles. The third kappa shape index (κ3) is 3.70. The lowest BCUT2D eigenvalue weighted by molar-refractivity contribution is -0.386. The second-order valence-electron chi connectivity index (χ2n) is 5.53. The molecule has 0 radical (unpaired) electrons. The van der Waals surface area contributed by atoms with Crippen LogP contribution in [0.15, 0.2) is 18.2 Å². The molecule has 20 heavy (non-hydrogen) atoms. The van der Waals surface area contributed by atoms with Crippen molar-refractivity contribution in [3.05, 3.63) is 33.9 Å². The maximum atomic E-state index is 11.0. The third-order valence-corrected chi connectivity index (χ3v) is 3.89. The van der Waals surface area contributed by atoms with Gasteiger partial charge in [-0.25, -0.2) is 0 Å². The van der Waals surface area contributed by atoms with Gasteiger partial charge in [0.1, 0.15) is 6.61 Å². The van der Waals surface area contributed by atoms with E-state index in [0.717, 1.165) is 6.42 Å². The summed E-state index contributed by atoms with van der Waals surface area (Å²) in [5, 5.41) is 21.0. The highest BCUT2D eigenvalue weighted by Crippen LogP contribution is 2.31. The lowest BCUT2D eigenvalue weighted by Crippen LogP contribution is -2.20. The molecule has 2 rings (SSSR count). The average molecular weight is 279 g/mol. The van der Waals surface area contributed by atoms with Crippen molar-refractivity contribution in [1.29, 1.82) is 0 Å². The largest absolute Gasteiger partial charge is 0.484 e. The van der Waals surface area contributed by atoms with E-state index in [0.29, 0.717) is 11.5 Å². The summed E-state index contributed by atoms with van der Waals surface area (Å²) in [6.07, 6.45) is 4.98. The highest BCUT2D eigenvalue weighted by Gasteiger charge is 2.21. The Kier molecular flexibility index (Phi) is 4.95. The Hall–Kier alpha value is -1.62. The van der Waals surface area contributed by atoms with Gasteiger partial charge >= 0.3 is 5.69 Å². The van der Waals surface area contributed by atoms with E-state index in [9.17, 15) is 15.2 Å². The molecule has 1 N–H and O–H groups in total. The Morgan fingerprint density at radius 2 is 2.15 bits per heavy atom. The molecule has 1 unspecified atom stereocenters. The Morgan fingerprint density at radius 3 is 2.80 bits per heavy atom. The number of nitro groups is 1. The molecule has 0 heterocycles. The molecule has 1 aromatic rings. The summed E-state index contributed by atoms with van der Waals surface area (Å²) in [6.45, 7) is 1.79. The van der Waals surface area contributed by atoms with Crippen molar-refractivity contribution >= 4 is 5.69 Å². The van der Waals surface area contributed by atoms with Gasteiger partial charge in [0.15, 0.2) is 5.75 Å². The standard InChI is InChI=1S/C15H21NO4/c1-11-5-4-8-14(15(11)16(18)19)20-10-13(17)9-12-6-2-3-7-12/h4-5,8,12-13,17H,2-3,6-7,9-10H2,1H3. The monoisotopic (exact) mass is 279 g/mol. The molecule has 0 aromatic heterocycles. The first kappa shape index (κ1) is 14.8. The molecule has 1 fully saturated rings. The van der Waals surface area contributed by atoms with Gasteiger partial charge in [0.25, 0.3) is 0 Å². The van der Waals surface area contributed by atoms with E-state index < -0.39 is 11.0 Å². The van der Waals surface area contributed by atoms with E-state index >= 15 is 0 Å². The average Bonchev–Trinajstić information content (AvgIpc) is 2.88. The zero-order chi connectivity index (χ0) is 14.5. The Morgan fingerprint density at radius 1 is 1.45 bits per heavy atom. The Bertz CT molecular complexity index is 469. The van der Waals surface area contributed by atoms with Crippen molar-refractivity contribution in [2.24, 2.45) is 5.92 Å². The second-order valence-corrected chi connectivity index (χ2v) is 5.53. The van der Waals surface area contributed by atoms with Crippen LogP contribution in [0.5, 0.6) is 5.75 Å². The van der Waals surface area contributed by atoms with Crippen molar-refractivity contribution < 1.29 is 14.8 Å². The summed E-state index contributed by atoms with van der Waals surface area (Å²) < 4.78 is 5.46. The van der Waals surface area contributed by atoms with Gasteiger partial charge in [0.05, 0.1) is 11.0 Å². The van der Waals surface area contributed by atoms with Crippen LogP contribution in [0.2, 0.25) is 0 Å². The van der Waals surface area contributed by atoms with Crippen molar-refractivity contribution in [2.75, 3.05) is 6.61 Å². The van der Waals surface area contributed by atoms with E-state index in [1.54, 1.807) is 25.1 Å². The summed E-state index contributed by atoms with van der Waals surface area (Å²) in [5.41, 5.74) is 0.554. The van der Waals surface area contributed by atoms with E-state index in [2.05, 4.69) is 0 Å². The first-order chi connectivity index (χ1) is 9.58. The molecular formula is C15H21NO4. The first-order valence-electron chi connectivity index (χ1n) is 7.13. The number of nitrogens with zero attached hydrogens (tertiary/aromatic N) is 1. The summed E-state index contributed by atoms with van der Waals surface area (Å²) in [6, 6.07) is 4.98. The smallest absolute Gasteiger partial charge is 0.313 e. The van der Waals surface area contributed by atoms with Crippen LogP contribution in [0.25, 0.3) is 0 Å². The van der Waals surface area contributed by atoms with Crippen LogP contribution in [0.4, 0.5) is 5.69 Å². The predicted molar refractivity (Wildman–Crippen MR) is 75.9 cm³/mol. The Labute approximate surface area is 118 Å². The topological polar surface area (TPSA) is 72.6 Å². The van der Waals surface area contributed by atoms with Crippen LogP contribution < -0.4 is 4.74 Å². The number of benzene rings is 1. The van der Waals surface area contributed by atoms with Crippen LogP contribution in [0, 0.1) is 23.0 Å². The number of aryl methyl sites for hydroxylation is 1.